The third-order valence-corrected chi connectivity index (χ3v) is 3.50. The Kier molecular flexibility index (Phi) is 4.70. The van der Waals surface area contributed by atoms with E-state index in [2.05, 4.69) is 5.43 Å². The monoisotopic (exact) mass is 265 g/mol. The van der Waals surface area contributed by atoms with Crippen LogP contribution in [0, 0.1) is 10.1 Å². The number of para-hydroxylation sites is 1. The summed E-state index contributed by atoms with van der Waals surface area (Å²) in [6.07, 6.45) is 6.06. The third-order valence-electron chi connectivity index (χ3n) is 3.50. The van der Waals surface area contributed by atoms with Crippen molar-refractivity contribution in [3.05, 3.63) is 33.9 Å². The molecule has 3 N–H and O–H groups in total. The molecule has 0 unspecified atom stereocenters. The van der Waals surface area contributed by atoms with Crippen molar-refractivity contribution in [1.82, 2.24) is 0 Å². The van der Waals surface area contributed by atoms with Gasteiger partial charge in [0, 0.05) is 11.6 Å². The third kappa shape index (κ3) is 3.42. The van der Waals surface area contributed by atoms with Crippen molar-refractivity contribution in [2.24, 2.45) is 5.84 Å². The predicted molar refractivity (Wildman–Crippen MR) is 72.6 cm³/mol. The van der Waals surface area contributed by atoms with E-state index in [-0.39, 0.29) is 11.8 Å². The summed E-state index contributed by atoms with van der Waals surface area (Å²) in [5.74, 6) is 5.39. The Morgan fingerprint density at radius 1 is 1.37 bits per heavy atom. The number of hydrazine groups is 1. The van der Waals surface area contributed by atoms with Gasteiger partial charge in [0.2, 0.25) is 0 Å². The first-order valence-corrected chi connectivity index (χ1v) is 6.57. The highest BCUT2D eigenvalue weighted by atomic mass is 16.6. The number of nitro benzene ring substituents is 1. The van der Waals surface area contributed by atoms with Crippen molar-refractivity contribution >= 4 is 11.4 Å². The molecule has 0 aliphatic heterocycles. The van der Waals surface area contributed by atoms with Crippen LogP contribution in [0.15, 0.2) is 18.2 Å². The molecule has 0 atom stereocenters. The molecule has 0 spiro atoms. The molecule has 1 aromatic carbocycles. The Hall–Kier alpha value is -1.66. The molecule has 1 saturated carbocycles. The normalized spacial score (nSPS) is 16.3. The smallest absolute Gasteiger partial charge is 0.294 e. The van der Waals surface area contributed by atoms with Crippen LogP contribution in [-0.4, -0.2) is 11.0 Å². The van der Waals surface area contributed by atoms with Crippen molar-refractivity contribution in [1.29, 1.82) is 0 Å². The molecule has 104 valence electrons. The fraction of sp³-hybridized carbons (Fsp3) is 0.538. The zero-order valence-corrected chi connectivity index (χ0v) is 10.8. The first kappa shape index (κ1) is 13.8. The standard InChI is InChI=1S/C13H19N3O3/c14-15-13-10(5-4-8-12(13)16(17)18)9-19-11-6-2-1-3-7-11/h4-5,8,11,15H,1-3,6-7,9,14H2. The minimum absolute atomic E-state index is 0.0211. The summed E-state index contributed by atoms with van der Waals surface area (Å²) in [6.45, 7) is 0.353. The maximum absolute atomic E-state index is 10.9. The summed E-state index contributed by atoms with van der Waals surface area (Å²) in [5, 5.41) is 10.9. The summed E-state index contributed by atoms with van der Waals surface area (Å²) in [6, 6.07) is 4.88. The summed E-state index contributed by atoms with van der Waals surface area (Å²) < 4.78 is 5.83. The molecule has 6 heteroatoms. The van der Waals surface area contributed by atoms with Crippen LogP contribution in [0.2, 0.25) is 0 Å². The van der Waals surface area contributed by atoms with Crippen molar-refractivity contribution in [3.8, 4) is 0 Å². The average molecular weight is 265 g/mol. The molecule has 19 heavy (non-hydrogen) atoms. The summed E-state index contributed by atoms with van der Waals surface area (Å²) >= 11 is 0. The van der Waals surface area contributed by atoms with Crippen molar-refractivity contribution in [2.45, 2.75) is 44.8 Å². The van der Waals surface area contributed by atoms with E-state index < -0.39 is 4.92 Å². The number of anilines is 1. The Morgan fingerprint density at radius 3 is 2.74 bits per heavy atom. The lowest BCUT2D eigenvalue weighted by molar-refractivity contribution is -0.384. The summed E-state index contributed by atoms with van der Waals surface area (Å²) in [5.41, 5.74) is 3.45. The van der Waals surface area contributed by atoms with Gasteiger partial charge < -0.3 is 10.2 Å². The highest BCUT2D eigenvalue weighted by Gasteiger charge is 2.18. The van der Waals surface area contributed by atoms with E-state index >= 15 is 0 Å². The van der Waals surface area contributed by atoms with E-state index in [1.807, 2.05) is 0 Å². The zero-order chi connectivity index (χ0) is 13.7. The summed E-state index contributed by atoms with van der Waals surface area (Å²) in [4.78, 5) is 10.5. The molecule has 1 aromatic rings. The molecule has 1 aliphatic rings. The van der Waals surface area contributed by atoms with E-state index in [0.717, 1.165) is 18.4 Å². The van der Waals surface area contributed by atoms with Gasteiger partial charge in [-0.3, -0.25) is 16.0 Å². The van der Waals surface area contributed by atoms with Crippen LogP contribution in [0.4, 0.5) is 11.4 Å². The quantitative estimate of drug-likeness (QED) is 0.485. The summed E-state index contributed by atoms with van der Waals surface area (Å²) in [7, 11) is 0. The lowest BCUT2D eigenvalue weighted by Crippen LogP contribution is -2.18. The van der Waals surface area contributed by atoms with Gasteiger partial charge in [-0.25, -0.2) is 0 Å². The van der Waals surface area contributed by atoms with Crippen LogP contribution in [0.3, 0.4) is 0 Å². The molecule has 6 nitrogen and oxygen atoms in total. The fourth-order valence-corrected chi connectivity index (χ4v) is 2.47. The van der Waals surface area contributed by atoms with Gasteiger partial charge in [-0.15, -0.1) is 0 Å². The Bertz CT molecular complexity index is 445. The van der Waals surface area contributed by atoms with Gasteiger partial charge in [0.25, 0.3) is 5.69 Å². The number of nitrogens with zero attached hydrogens (tertiary/aromatic N) is 1. The van der Waals surface area contributed by atoms with Crippen LogP contribution < -0.4 is 11.3 Å². The number of nitrogen functional groups attached to an aromatic ring is 1. The minimum atomic E-state index is -0.445. The Morgan fingerprint density at radius 2 is 2.11 bits per heavy atom. The number of hydrogen-bond donors (Lipinski definition) is 2. The van der Waals surface area contributed by atoms with Crippen LogP contribution in [0.25, 0.3) is 0 Å². The Balaban J connectivity index is 2.06. The molecular formula is C13H19N3O3. The molecular weight excluding hydrogens is 246 g/mol. The number of nitro groups is 1. The van der Waals surface area contributed by atoms with E-state index in [1.165, 1.54) is 25.3 Å². The molecule has 1 fully saturated rings. The fourth-order valence-electron chi connectivity index (χ4n) is 2.47. The van der Waals surface area contributed by atoms with Crippen LogP contribution in [0.5, 0.6) is 0 Å². The minimum Gasteiger partial charge on any atom is -0.373 e. The van der Waals surface area contributed by atoms with Crippen LogP contribution >= 0.6 is 0 Å². The molecule has 2 rings (SSSR count). The van der Waals surface area contributed by atoms with E-state index in [0.29, 0.717) is 12.3 Å². The second-order valence-corrected chi connectivity index (χ2v) is 4.78. The first-order chi connectivity index (χ1) is 9.22. The molecule has 0 radical (unpaired) electrons. The number of benzene rings is 1. The van der Waals surface area contributed by atoms with E-state index in [9.17, 15) is 10.1 Å². The Labute approximate surface area is 112 Å². The maximum Gasteiger partial charge on any atom is 0.294 e. The molecule has 0 bridgehead atoms. The van der Waals surface area contributed by atoms with Gasteiger partial charge in [0.1, 0.15) is 5.69 Å². The van der Waals surface area contributed by atoms with Gasteiger partial charge in [-0.1, -0.05) is 31.4 Å². The van der Waals surface area contributed by atoms with Gasteiger partial charge in [0.05, 0.1) is 17.6 Å². The average Bonchev–Trinajstić information content (AvgIpc) is 2.45. The van der Waals surface area contributed by atoms with Crippen LogP contribution in [0.1, 0.15) is 37.7 Å². The molecule has 0 heterocycles. The number of nitrogens with one attached hydrogen (secondary N) is 1. The first-order valence-electron chi connectivity index (χ1n) is 6.57. The largest absolute Gasteiger partial charge is 0.373 e. The maximum atomic E-state index is 10.9. The van der Waals surface area contributed by atoms with Gasteiger partial charge in [-0.2, -0.15) is 0 Å². The van der Waals surface area contributed by atoms with E-state index in [4.69, 9.17) is 10.6 Å². The number of nitrogens with two attached hydrogens (primary N) is 1. The van der Waals surface area contributed by atoms with Crippen LogP contribution in [-0.2, 0) is 11.3 Å². The highest BCUT2D eigenvalue weighted by Crippen LogP contribution is 2.29. The number of hydrogen-bond acceptors (Lipinski definition) is 5. The van der Waals surface area contributed by atoms with Crippen molar-refractivity contribution < 1.29 is 9.66 Å². The van der Waals surface area contributed by atoms with Crippen molar-refractivity contribution in [2.75, 3.05) is 5.43 Å². The second-order valence-electron chi connectivity index (χ2n) is 4.78. The molecule has 0 saturated heterocycles. The zero-order valence-electron chi connectivity index (χ0n) is 10.8. The number of ether oxygens (including phenoxy) is 1. The molecule has 0 amide bonds. The van der Waals surface area contributed by atoms with Crippen molar-refractivity contribution in [3.63, 3.8) is 0 Å². The highest BCUT2D eigenvalue weighted by molar-refractivity contribution is 5.65. The van der Waals surface area contributed by atoms with Gasteiger partial charge in [-0.05, 0) is 12.8 Å². The van der Waals surface area contributed by atoms with Gasteiger partial charge >= 0.3 is 0 Å². The lowest BCUT2D eigenvalue weighted by Gasteiger charge is -2.22. The van der Waals surface area contributed by atoms with Gasteiger partial charge in [0.15, 0.2) is 0 Å². The SMILES string of the molecule is NNc1c(COC2CCCCC2)cccc1[N+](=O)[O-]. The second kappa shape index (κ2) is 6.49. The lowest BCUT2D eigenvalue weighted by atomic mass is 9.98. The predicted octanol–water partition coefficient (Wildman–Crippen LogP) is 2.73. The van der Waals surface area contributed by atoms with E-state index in [1.54, 1.807) is 12.1 Å². The molecule has 1 aliphatic carbocycles. The number of rotatable bonds is 5. The topological polar surface area (TPSA) is 90.4 Å². The molecule has 0 aromatic heterocycles.